The van der Waals surface area contributed by atoms with E-state index >= 15 is 0 Å². The van der Waals surface area contributed by atoms with E-state index in [9.17, 15) is 0 Å². The van der Waals surface area contributed by atoms with E-state index in [2.05, 4.69) is 315 Å². The van der Waals surface area contributed by atoms with Gasteiger partial charge in [0.25, 0.3) is 0 Å². The van der Waals surface area contributed by atoms with Gasteiger partial charge in [0.1, 0.15) is 0 Å². The standard InChI is InChI=1S/2C40H26/c1-3-18-31-27(12-1)14-10-24-33(31)29-16-9-17-30(26-29)39-35-20-5-7-22-37(35)40(38-23-8-6-21-36(38)39)34-25-11-15-28-13-2-4-19-32(28)34;1-2-13-29-25-31(24-23-27(29)11-1)30-15-9-16-32(26-30)39-35-18-5-7-20-37(35)40(38-21-8-6-19-36(38)39)34-22-10-14-28-12-3-4-17-33(28)34/h2*1-26H. The zero-order valence-electron chi connectivity index (χ0n) is 44.0. The van der Waals surface area contributed by atoms with Crippen LogP contribution < -0.4 is 0 Å². The quantitative estimate of drug-likeness (QED) is 0.146. The Labute approximate surface area is 465 Å². The van der Waals surface area contributed by atoms with E-state index in [1.807, 2.05) is 0 Å². The maximum Gasteiger partial charge on any atom is -0.00201 e. The Hall–Kier alpha value is -10.4. The molecule has 0 saturated heterocycles. The van der Waals surface area contributed by atoms with E-state index in [0.29, 0.717) is 0 Å². The van der Waals surface area contributed by atoms with Crippen molar-refractivity contribution in [1.82, 2.24) is 0 Å². The molecule has 0 aliphatic carbocycles. The van der Waals surface area contributed by atoms with E-state index in [4.69, 9.17) is 0 Å². The summed E-state index contributed by atoms with van der Waals surface area (Å²) in [6.45, 7) is 0. The maximum absolute atomic E-state index is 2.37. The van der Waals surface area contributed by atoms with Gasteiger partial charge < -0.3 is 0 Å². The molecule has 16 aromatic carbocycles. The van der Waals surface area contributed by atoms with Gasteiger partial charge in [-0.1, -0.05) is 297 Å². The summed E-state index contributed by atoms with van der Waals surface area (Å²) >= 11 is 0. The Balaban J connectivity index is 0.000000138. The SMILES string of the molecule is c1cc(-c2ccc3ccccc3c2)cc(-c2c3ccccc3c(-c3cccc4ccccc34)c3ccccc23)c1.c1cc(-c2cccc3ccccc23)cc(-c2c3ccccc3c(-c3cccc4ccccc34)c3ccccc23)c1. The summed E-state index contributed by atoms with van der Waals surface area (Å²) in [5.41, 5.74) is 15.2. The molecule has 0 aliphatic heterocycles. The molecule has 372 valence electrons. The number of rotatable bonds is 6. The van der Waals surface area contributed by atoms with Crippen molar-refractivity contribution in [2.75, 3.05) is 0 Å². The number of fused-ring (bicyclic) bond motifs is 8. The summed E-state index contributed by atoms with van der Waals surface area (Å²) in [7, 11) is 0. The minimum absolute atomic E-state index is 1.23. The van der Waals surface area contributed by atoms with Crippen LogP contribution in [0.4, 0.5) is 0 Å². The highest BCUT2D eigenvalue weighted by atomic mass is 14.2. The first kappa shape index (κ1) is 46.9. The Bertz CT molecular complexity index is 4940. The van der Waals surface area contributed by atoms with Crippen LogP contribution in [-0.4, -0.2) is 0 Å². The van der Waals surface area contributed by atoms with Gasteiger partial charge >= 0.3 is 0 Å². The predicted octanol–water partition coefficient (Wildman–Crippen LogP) is 22.6. The lowest BCUT2D eigenvalue weighted by atomic mass is 9.84. The fraction of sp³-hybridized carbons (Fsp3) is 0. The largest absolute Gasteiger partial charge is 0.0616 e. The fourth-order valence-electron chi connectivity index (χ4n) is 12.9. The summed E-state index contributed by atoms with van der Waals surface area (Å²) in [5.74, 6) is 0. The topological polar surface area (TPSA) is 0 Å². The first-order valence-corrected chi connectivity index (χ1v) is 27.7. The van der Waals surface area contributed by atoms with Crippen molar-refractivity contribution in [3.8, 4) is 66.8 Å². The molecular formula is C80H52. The molecule has 0 aromatic heterocycles. The Morgan fingerprint density at radius 2 is 0.400 bits per heavy atom. The fourth-order valence-corrected chi connectivity index (χ4v) is 12.9. The normalized spacial score (nSPS) is 11.5. The molecular weight excluding hydrogens is 961 g/mol. The van der Waals surface area contributed by atoms with E-state index in [-0.39, 0.29) is 0 Å². The highest BCUT2D eigenvalue weighted by Gasteiger charge is 2.20. The third-order valence-electron chi connectivity index (χ3n) is 16.5. The predicted molar refractivity (Wildman–Crippen MR) is 346 cm³/mol. The second-order valence-electron chi connectivity index (χ2n) is 21.0. The maximum atomic E-state index is 2.37. The first-order chi connectivity index (χ1) is 39.7. The Morgan fingerprint density at radius 1 is 0.125 bits per heavy atom. The van der Waals surface area contributed by atoms with Crippen molar-refractivity contribution in [2.24, 2.45) is 0 Å². The van der Waals surface area contributed by atoms with Gasteiger partial charge in [0.15, 0.2) is 0 Å². The van der Waals surface area contributed by atoms with Gasteiger partial charge in [0.05, 0.1) is 0 Å². The summed E-state index contributed by atoms with van der Waals surface area (Å²) in [6, 6.07) is 115. The lowest BCUT2D eigenvalue weighted by molar-refractivity contribution is 1.63. The van der Waals surface area contributed by atoms with Crippen LogP contribution in [0.5, 0.6) is 0 Å². The molecule has 0 radical (unpaired) electrons. The minimum Gasteiger partial charge on any atom is -0.0616 e. The second kappa shape index (κ2) is 19.9. The molecule has 0 unspecified atom stereocenters. The number of hydrogen-bond acceptors (Lipinski definition) is 0. The van der Waals surface area contributed by atoms with Crippen LogP contribution in [0.25, 0.3) is 153 Å². The van der Waals surface area contributed by atoms with Crippen LogP contribution in [0.3, 0.4) is 0 Å². The average molecular weight is 1010 g/mol. The van der Waals surface area contributed by atoms with Crippen LogP contribution in [0, 0.1) is 0 Å². The summed E-state index contributed by atoms with van der Waals surface area (Å²) in [4.78, 5) is 0. The third kappa shape index (κ3) is 8.08. The molecule has 0 saturated carbocycles. The number of benzene rings is 16. The van der Waals surface area contributed by atoms with Crippen LogP contribution >= 0.6 is 0 Å². The van der Waals surface area contributed by atoms with Gasteiger partial charge in [0, 0.05) is 0 Å². The van der Waals surface area contributed by atoms with Crippen molar-refractivity contribution in [3.63, 3.8) is 0 Å². The van der Waals surface area contributed by atoms with Crippen LogP contribution in [0.1, 0.15) is 0 Å². The molecule has 0 heteroatoms. The van der Waals surface area contributed by atoms with E-state index in [1.54, 1.807) is 0 Å². The highest BCUT2D eigenvalue weighted by Crippen LogP contribution is 2.48. The van der Waals surface area contributed by atoms with Crippen molar-refractivity contribution < 1.29 is 0 Å². The van der Waals surface area contributed by atoms with Crippen molar-refractivity contribution in [1.29, 1.82) is 0 Å². The van der Waals surface area contributed by atoms with E-state index < -0.39 is 0 Å². The second-order valence-corrected chi connectivity index (χ2v) is 21.0. The zero-order valence-corrected chi connectivity index (χ0v) is 44.0. The smallest absolute Gasteiger partial charge is 0.00201 e. The van der Waals surface area contributed by atoms with Gasteiger partial charge in [-0.3, -0.25) is 0 Å². The van der Waals surface area contributed by atoms with Gasteiger partial charge in [-0.15, -0.1) is 0 Å². The summed E-state index contributed by atoms with van der Waals surface area (Å²) in [6.07, 6.45) is 0. The Kier molecular flexibility index (Phi) is 11.6. The molecule has 0 fully saturated rings. The molecule has 0 bridgehead atoms. The molecule has 0 nitrogen and oxygen atoms in total. The molecule has 16 rings (SSSR count). The summed E-state index contributed by atoms with van der Waals surface area (Å²) < 4.78 is 0. The lowest BCUT2D eigenvalue weighted by Crippen LogP contribution is -1.92. The van der Waals surface area contributed by atoms with Crippen molar-refractivity contribution in [2.45, 2.75) is 0 Å². The average Bonchev–Trinajstić information content (AvgIpc) is 3.72. The molecule has 0 N–H and O–H groups in total. The number of hydrogen-bond donors (Lipinski definition) is 0. The lowest BCUT2D eigenvalue weighted by Gasteiger charge is -2.19. The zero-order chi connectivity index (χ0) is 52.9. The van der Waals surface area contributed by atoms with E-state index in [1.165, 1.54) is 153 Å². The molecule has 0 spiro atoms. The minimum atomic E-state index is 1.23. The van der Waals surface area contributed by atoms with E-state index in [0.717, 1.165) is 0 Å². The molecule has 16 aromatic rings. The summed E-state index contributed by atoms with van der Waals surface area (Å²) in [5, 5.41) is 20.4. The van der Waals surface area contributed by atoms with Crippen molar-refractivity contribution >= 4 is 86.2 Å². The van der Waals surface area contributed by atoms with Crippen LogP contribution in [0.2, 0.25) is 0 Å². The van der Waals surface area contributed by atoms with Gasteiger partial charge in [-0.05, 0) is 171 Å². The van der Waals surface area contributed by atoms with Crippen LogP contribution in [0.15, 0.2) is 315 Å². The first-order valence-electron chi connectivity index (χ1n) is 27.7. The monoisotopic (exact) mass is 1010 g/mol. The molecule has 0 aliphatic rings. The molecule has 80 heavy (non-hydrogen) atoms. The van der Waals surface area contributed by atoms with Crippen LogP contribution in [-0.2, 0) is 0 Å². The molecule has 0 atom stereocenters. The third-order valence-corrected chi connectivity index (χ3v) is 16.5. The Morgan fingerprint density at radius 3 is 0.838 bits per heavy atom. The molecule has 0 heterocycles. The van der Waals surface area contributed by atoms with Gasteiger partial charge in [-0.25, -0.2) is 0 Å². The van der Waals surface area contributed by atoms with Gasteiger partial charge in [-0.2, -0.15) is 0 Å². The van der Waals surface area contributed by atoms with Gasteiger partial charge in [0.2, 0.25) is 0 Å². The van der Waals surface area contributed by atoms with Crippen molar-refractivity contribution in [3.05, 3.63) is 315 Å². The molecule has 0 amide bonds. The highest BCUT2D eigenvalue weighted by molar-refractivity contribution is 6.25.